The zero-order valence-corrected chi connectivity index (χ0v) is 19.1. The highest BCUT2D eigenvalue weighted by Gasteiger charge is 2.24. The average Bonchev–Trinajstić information content (AvgIpc) is 2.76. The summed E-state index contributed by atoms with van der Waals surface area (Å²) in [5.41, 5.74) is 2.46. The predicted octanol–water partition coefficient (Wildman–Crippen LogP) is 4.51. The number of hydrogen-bond acceptors (Lipinski definition) is 4. The lowest BCUT2D eigenvalue weighted by molar-refractivity contribution is -0.118. The fraction of sp³-hybridized carbons (Fsp3) is 0.269. The number of aromatic amines is 1. The molecular weight excluding hydrogens is 418 g/mol. The van der Waals surface area contributed by atoms with Gasteiger partial charge in [0.25, 0.3) is 0 Å². The van der Waals surface area contributed by atoms with Gasteiger partial charge in [-0.15, -0.1) is 0 Å². The van der Waals surface area contributed by atoms with E-state index in [0.29, 0.717) is 18.5 Å². The van der Waals surface area contributed by atoms with E-state index in [2.05, 4.69) is 15.6 Å². The van der Waals surface area contributed by atoms with Gasteiger partial charge in [-0.1, -0.05) is 42.5 Å². The molecule has 0 spiro atoms. The van der Waals surface area contributed by atoms with Crippen LogP contribution in [0.1, 0.15) is 32.8 Å². The Bertz CT molecular complexity index is 1130. The van der Waals surface area contributed by atoms with E-state index in [1.54, 1.807) is 39.1 Å². The van der Waals surface area contributed by atoms with Gasteiger partial charge in [0, 0.05) is 18.0 Å². The van der Waals surface area contributed by atoms with Crippen molar-refractivity contribution in [3.63, 3.8) is 0 Å². The van der Waals surface area contributed by atoms with E-state index < -0.39 is 17.7 Å². The van der Waals surface area contributed by atoms with Crippen LogP contribution < -0.4 is 16.2 Å². The fourth-order valence-electron chi connectivity index (χ4n) is 3.27. The number of hydrogen-bond donors (Lipinski definition) is 3. The minimum Gasteiger partial charge on any atom is -0.444 e. The molecule has 3 aromatic rings. The number of ether oxygens (including phenoxy) is 1. The van der Waals surface area contributed by atoms with Gasteiger partial charge in [0.15, 0.2) is 0 Å². The Balaban J connectivity index is 1.74. The lowest BCUT2D eigenvalue weighted by atomic mass is 10.0. The second-order valence-electron chi connectivity index (χ2n) is 8.73. The van der Waals surface area contributed by atoms with Crippen LogP contribution in [0.3, 0.4) is 0 Å². The van der Waals surface area contributed by atoms with Crippen molar-refractivity contribution in [3.8, 4) is 11.1 Å². The third-order valence-corrected chi connectivity index (χ3v) is 4.82. The van der Waals surface area contributed by atoms with Gasteiger partial charge < -0.3 is 20.4 Å². The van der Waals surface area contributed by atoms with Gasteiger partial charge in [0.2, 0.25) is 11.5 Å². The third kappa shape index (κ3) is 7.64. The number of benzene rings is 2. The minimum atomic E-state index is -0.781. The number of H-pyrrole nitrogens is 1. The molecule has 172 valence electrons. The first-order chi connectivity index (χ1) is 15.7. The summed E-state index contributed by atoms with van der Waals surface area (Å²) in [5, 5.41) is 5.59. The van der Waals surface area contributed by atoms with E-state index in [1.807, 2.05) is 48.5 Å². The Hall–Kier alpha value is -3.87. The molecule has 3 N–H and O–H groups in total. The number of alkyl carbamates (subject to hydrolysis) is 1. The Morgan fingerprint density at radius 1 is 0.970 bits per heavy atom. The standard InChI is InChI=1S/C26H29N3O4/c1-26(2,3)33-25(32)29-22(14-12-18-8-5-4-6-9-18)24(31)28-21-11-7-10-19(16-21)20-13-15-23(30)27-17-20/h4-11,13,15-17,22H,12,14H2,1-3H3,(H,27,30)(H,28,31)(H,29,32)/t22-/m1/s1. The molecule has 1 heterocycles. The maximum Gasteiger partial charge on any atom is 0.408 e. The van der Waals surface area contributed by atoms with Crippen molar-refractivity contribution in [2.75, 3.05) is 5.32 Å². The summed E-state index contributed by atoms with van der Waals surface area (Å²) < 4.78 is 5.35. The first kappa shape index (κ1) is 23.8. The Morgan fingerprint density at radius 2 is 1.73 bits per heavy atom. The lowest BCUT2D eigenvalue weighted by Crippen LogP contribution is -2.46. The maximum atomic E-state index is 13.1. The summed E-state index contributed by atoms with van der Waals surface area (Å²) in [4.78, 5) is 39.4. The van der Waals surface area contributed by atoms with Gasteiger partial charge >= 0.3 is 6.09 Å². The molecule has 0 unspecified atom stereocenters. The van der Waals surface area contributed by atoms with Crippen LogP contribution in [0.5, 0.6) is 0 Å². The Kier molecular flexibility index (Phi) is 7.66. The molecule has 1 atom stereocenters. The number of rotatable bonds is 7. The van der Waals surface area contributed by atoms with Crippen LogP contribution in [0, 0.1) is 0 Å². The highest BCUT2D eigenvalue weighted by molar-refractivity contribution is 5.97. The molecule has 0 saturated heterocycles. The summed E-state index contributed by atoms with van der Waals surface area (Å²) >= 11 is 0. The number of anilines is 1. The highest BCUT2D eigenvalue weighted by atomic mass is 16.6. The summed E-state index contributed by atoms with van der Waals surface area (Å²) in [7, 11) is 0. The number of carbonyl (C=O) groups excluding carboxylic acids is 2. The summed E-state index contributed by atoms with van der Waals surface area (Å²) in [6.45, 7) is 5.32. The van der Waals surface area contributed by atoms with Crippen molar-refractivity contribution >= 4 is 17.7 Å². The molecular formula is C26H29N3O4. The zero-order valence-electron chi connectivity index (χ0n) is 19.1. The van der Waals surface area contributed by atoms with Crippen LogP contribution in [0.4, 0.5) is 10.5 Å². The van der Waals surface area contributed by atoms with E-state index in [-0.39, 0.29) is 11.5 Å². The molecule has 0 radical (unpaired) electrons. The summed E-state index contributed by atoms with van der Waals surface area (Å²) in [5.74, 6) is -0.338. The van der Waals surface area contributed by atoms with Crippen molar-refractivity contribution in [3.05, 3.63) is 88.8 Å². The average molecular weight is 448 g/mol. The number of amides is 2. The SMILES string of the molecule is CC(C)(C)OC(=O)N[C@H](CCc1ccccc1)C(=O)Nc1cccc(-c2ccc(=O)[nH]c2)c1. The van der Waals surface area contributed by atoms with E-state index in [0.717, 1.165) is 16.7 Å². The summed E-state index contributed by atoms with van der Waals surface area (Å²) in [6, 6.07) is 19.4. The molecule has 1 aromatic heterocycles. The second-order valence-corrected chi connectivity index (χ2v) is 8.73. The monoisotopic (exact) mass is 447 g/mol. The van der Waals surface area contributed by atoms with Crippen molar-refractivity contribution < 1.29 is 14.3 Å². The number of aromatic nitrogens is 1. The van der Waals surface area contributed by atoms with E-state index in [1.165, 1.54) is 6.07 Å². The molecule has 2 amide bonds. The lowest BCUT2D eigenvalue weighted by Gasteiger charge is -2.23. The Labute approximate surface area is 193 Å². The maximum absolute atomic E-state index is 13.1. The van der Waals surface area contributed by atoms with Gasteiger partial charge in [-0.2, -0.15) is 0 Å². The third-order valence-electron chi connectivity index (χ3n) is 4.82. The summed E-state index contributed by atoms with van der Waals surface area (Å²) in [6.07, 6.45) is 2.01. The minimum absolute atomic E-state index is 0.183. The Morgan fingerprint density at radius 3 is 2.39 bits per heavy atom. The van der Waals surface area contributed by atoms with Crippen LogP contribution in [0.25, 0.3) is 11.1 Å². The molecule has 3 rings (SSSR count). The normalized spacial score (nSPS) is 12.0. The largest absolute Gasteiger partial charge is 0.444 e. The topological polar surface area (TPSA) is 100 Å². The van der Waals surface area contributed by atoms with Crippen molar-refractivity contribution in [2.45, 2.75) is 45.3 Å². The fourth-order valence-corrected chi connectivity index (χ4v) is 3.27. The quantitative estimate of drug-likeness (QED) is 0.496. The first-order valence-corrected chi connectivity index (χ1v) is 10.8. The smallest absolute Gasteiger partial charge is 0.408 e. The molecule has 0 fully saturated rings. The van der Waals surface area contributed by atoms with Crippen LogP contribution in [-0.4, -0.2) is 28.6 Å². The number of aryl methyl sites for hydroxylation is 1. The molecule has 7 nitrogen and oxygen atoms in total. The molecule has 0 aliphatic carbocycles. The number of nitrogens with one attached hydrogen (secondary N) is 3. The number of carbonyl (C=O) groups is 2. The molecule has 0 saturated carbocycles. The van der Waals surface area contributed by atoms with Crippen molar-refractivity contribution in [1.82, 2.24) is 10.3 Å². The van der Waals surface area contributed by atoms with Gasteiger partial charge in [0.1, 0.15) is 11.6 Å². The molecule has 0 aliphatic rings. The van der Waals surface area contributed by atoms with Gasteiger partial charge in [0.05, 0.1) is 0 Å². The van der Waals surface area contributed by atoms with Crippen molar-refractivity contribution in [1.29, 1.82) is 0 Å². The molecule has 7 heteroatoms. The van der Waals surface area contributed by atoms with Gasteiger partial charge in [-0.05, 0) is 68.5 Å². The van der Waals surface area contributed by atoms with E-state index >= 15 is 0 Å². The van der Waals surface area contributed by atoms with Gasteiger partial charge in [-0.3, -0.25) is 9.59 Å². The second kappa shape index (κ2) is 10.6. The van der Waals surface area contributed by atoms with Crippen LogP contribution in [0.15, 0.2) is 77.7 Å². The van der Waals surface area contributed by atoms with Crippen LogP contribution in [0.2, 0.25) is 0 Å². The zero-order chi connectivity index (χ0) is 23.8. The molecule has 2 aromatic carbocycles. The van der Waals surface area contributed by atoms with Crippen LogP contribution in [-0.2, 0) is 16.0 Å². The number of pyridine rings is 1. The highest BCUT2D eigenvalue weighted by Crippen LogP contribution is 2.21. The molecule has 0 bridgehead atoms. The molecule has 33 heavy (non-hydrogen) atoms. The molecule has 0 aliphatic heterocycles. The van der Waals surface area contributed by atoms with Crippen LogP contribution >= 0.6 is 0 Å². The first-order valence-electron chi connectivity index (χ1n) is 10.8. The van der Waals surface area contributed by atoms with E-state index in [9.17, 15) is 14.4 Å². The van der Waals surface area contributed by atoms with Gasteiger partial charge in [-0.25, -0.2) is 4.79 Å². The van der Waals surface area contributed by atoms with E-state index in [4.69, 9.17) is 4.74 Å². The predicted molar refractivity (Wildman–Crippen MR) is 129 cm³/mol. The van der Waals surface area contributed by atoms with Crippen molar-refractivity contribution in [2.24, 2.45) is 0 Å².